The predicted molar refractivity (Wildman–Crippen MR) is 124 cm³/mol. The fourth-order valence-corrected chi connectivity index (χ4v) is 5.07. The van der Waals surface area contributed by atoms with Crippen LogP contribution in [0.5, 0.6) is 0 Å². The quantitative estimate of drug-likeness (QED) is 0.636. The van der Waals surface area contributed by atoms with E-state index in [0.29, 0.717) is 42.5 Å². The predicted octanol–water partition coefficient (Wildman–Crippen LogP) is 3.41. The van der Waals surface area contributed by atoms with Gasteiger partial charge < -0.3 is 5.32 Å². The summed E-state index contributed by atoms with van der Waals surface area (Å²) in [7, 11) is -3.18. The Morgan fingerprint density at radius 2 is 1.84 bits per heavy atom. The van der Waals surface area contributed by atoms with Crippen molar-refractivity contribution in [3.8, 4) is 0 Å². The van der Waals surface area contributed by atoms with Gasteiger partial charge in [0.25, 0.3) is 0 Å². The van der Waals surface area contributed by atoms with Crippen LogP contribution in [0.25, 0.3) is 6.08 Å². The minimum absolute atomic E-state index is 0.0394. The van der Waals surface area contributed by atoms with Gasteiger partial charge in [-0.1, -0.05) is 29.3 Å². The van der Waals surface area contributed by atoms with Crippen molar-refractivity contribution in [2.24, 2.45) is 0 Å². The molecule has 1 aromatic heterocycles. The molecule has 0 spiro atoms. The third-order valence-electron chi connectivity index (χ3n) is 5.48. The lowest BCUT2D eigenvalue weighted by Gasteiger charge is -2.30. The van der Waals surface area contributed by atoms with Gasteiger partial charge in [-0.15, -0.1) is 0 Å². The normalized spacial score (nSPS) is 16.2. The van der Waals surface area contributed by atoms with Crippen LogP contribution in [0.3, 0.4) is 0 Å². The summed E-state index contributed by atoms with van der Waals surface area (Å²) in [5.41, 5.74) is 3.36. The molecule has 1 amide bonds. The number of aromatic nitrogens is 2. The van der Waals surface area contributed by atoms with E-state index in [-0.39, 0.29) is 11.9 Å². The zero-order valence-corrected chi connectivity index (χ0v) is 20.1. The lowest BCUT2D eigenvalue weighted by atomic mass is 10.1. The van der Waals surface area contributed by atoms with Crippen molar-refractivity contribution in [3.05, 3.63) is 56.8 Å². The van der Waals surface area contributed by atoms with Crippen molar-refractivity contribution in [1.29, 1.82) is 0 Å². The van der Waals surface area contributed by atoms with E-state index in [1.54, 1.807) is 24.3 Å². The fourth-order valence-electron chi connectivity index (χ4n) is 3.68. The summed E-state index contributed by atoms with van der Waals surface area (Å²) < 4.78 is 26.5. The van der Waals surface area contributed by atoms with Crippen LogP contribution in [-0.2, 0) is 21.4 Å². The summed E-state index contributed by atoms with van der Waals surface area (Å²) in [6.45, 7) is 5.09. The minimum atomic E-state index is -3.18. The zero-order valence-electron chi connectivity index (χ0n) is 17.7. The average Bonchev–Trinajstić information content (AvgIpc) is 2.96. The molecular formula is C21H26Cl2N4O3S. The summed E-state index contributed by atoms with van der Waals surface area (Å²) >= 11 is 12.6. The maximum Gasteiger partial charge on any atom is 0.244 e. The second-order valence-electron chi connectivity index (χ2n) is 7.72. The van der Waals surface area contributed by atoms with E-state index in [2.05, 4.69) is 10.4 Å². The molecule has 1 saturated heterocycles. The number of carbonyl (C=O) groups is 1. The van der Waals surface area contributed by atoms with Crippen LogP contribution in [0, 0.1) is 13.8 Å². The standard InChI is InChI=1S/C21H26Cl2N4O3S/c1-14-17(15(2)27(25-14)13-18-19(22)5-4-6-20(18)23)7-8-21(28)24-16-9-11-26(12-10-16)31(3,29)30/h4-8,16H,9-13H2,1-3H3,(H,24,28)/b8-7+. The van der Waals surface area contributed by atoms with E-state index >= 15 is 0 Å². The van der Waals surface area contributed by atoms with Crippen LogP contribution in [0.15, 0.2) is 24.3 Å². The van der Waals surface area contributed by atoms with Gasteiger partial charge in [0.05, 0.1) is 18.5 Å². The monoisotopic (exact) mass is 484 g/mol. The summed E-state index contributed by atoms with van der Waals surface area (Å²) in [6.07, 6.45) is 5.65. The first-order chi connectivity index (χ1) is 14.6. The molecule has 2 heterocycles. The number of sulfonamides is 1. The highest BCUT2D eigenvalue weighted by molar-refractivity contribution is 7.88. The molecule has 1 aliphatic heterocycles. The average molecular weight is 485 g/mol. The van der Waals surface area contributed by atoms with Gasteiger partial charge in [0, 0.05) is 52.1 Å². The maximum absolute atomic E-state index is 12.4. The van der Waals surface area contributed by atoms with Crippen molar-refractivity contribution in [1.82, 2.24) is 19.4 Å². The van der Waals surface area contributed by atoms with Crippen LogP contribution in [0.4, 0.5) is 0 Å². The highest BCUT2D eigenvalue weighted by atomic mass is 35.5. The zero-order chi connectivity index (χ0) is 22.8. The first-order valence-corrected chi connectivity index (χ1v) is 12.6. The number of benzene rings is 1. The Bertz CT molecular complexity index is 1080. The van der Waals surface area contributed by atoms with Gasteiger partial charge in [-0.2, -0.15) is 5.10 Å². The number of carbonyl (C=O) groups excluding carboxylic acids is 1. The Kier molecular flexibility index (Phi) is 7.47. The number of halogens is 2. The highest BCUT2D eigenvalue weighted by Gasteiger charge is 2.25. The Balaban J connectivity index is 1.64. The molecule has 10 heteroatoms. The van der Waals surface area contributed by atoms with Gasteiger partial charge >= 0.3 is 0 Å². The van der Waals surface area contributed by atoms with Crippen LogP contribution < -0.4 is 5.32 Å². The number of piperidine rings is 1. The molecule has 0 atom stereocenters. The second-order valence-corrected chi connectivity index (χ2v) is 10.5. The molecule has 0 aliphatic carbocycles. The van der Waals surface area contributed by atoms with Gasteiger partial charge in [0.1, 0.15) is 0 Å². The first kappa shape index (κ1) is 23.8. The molecule has 2 aromatic rings. The van der Waals surface area contributed by atoms with Crippen LogP contribution in [0.1, 0.15) is 35.4 Å². The third kappa shape index (κ3) is 5.88. The molecule has 0 bridgehead atoms. The lowest BCUT2D eigenvalue weighted by molar-refractivity contribution is -0.117. The van der Waals surface area contributed by atoms with E-state index in [4.69, 9.17) is 23.2 Å². The first-order valence-electron chi connectivity index (χ1n) is 9.97. The highest BCUT2D eigenvalue weighted by Crippen LogP contribution is 2.26. The molecule has 1 fully saturated rings. The van der Waals surface area contributed by atoms with Gasteiger partial charge in [-0.05, 0) is 44.9 Å². The molecule has 3 rings (SSSR count). The van der Waals surface area contributed by atoms with Crippen LogP contribution >= 0.6 is 23.2 Å². The van der Waals surface area contributed by atoms with Crippen molar-refractivity contribution in [2.75, 3.05) is 19.3 Å². The van der Waals surface area contributed by atoms with Crippen molar-refractivity contribution in [2.45, 2.75) is 39.3 Å². The van der Waals surface area contributed by atoms with E-state index in [1.807, 2.05) is 18.5 Å². The van der Waals surface area contributed by atoms with Gasteiger partial charge in [-0.25, -0.2) is 12.7 Å². The molecule has 7 nitrogen and oxygen atoms in total. The van der Waals surface area contributed by atoms with Gasteiger partial charge in [0.15, 0.2) is 0 Å². The molecule has 0 radical (unpaired) electrons. The lowest BCUT2D eigenvalue weighted by Crippen LogP contribution is -2.45. The smallest absolute Gasteiger partial charge is 0.244 e. The van der Waals surface area contributed by atoms with Crippen molar-refractivity contribution < 1.29 is 13.2 Å². The number of rotatable bonds is 6. The molecule has 31 heavy (non-hydrogen) atoms. The third-order valence-corrected chi connectivity index (χ3v) is 7.49. The van der Waals surface area contributed by atoms with Crippen molar-refractivity contribution >= 4 is 45.2 Å². The van der Waals surface area contributed by atoms with Crippen molar-refractivity contribution in [3.63, 3.8) is 0 Å². The van der Waals surface area contributed by atoms with Gasteiger partial charge in [0.2, 0.25) is 15.9 Å². The fraction of sp³-hybridized carbons (Fsp3) is 0.429. The molecule has 0 unspecified atom stereocenters. The van der Waals surface area contributed by atoms with Crippen LogP contribution in [-0.4, -0.2) is 53.8 Å². The summed E-state index contributed by atoms with van der Waals surface area (Å²) in [5, 5.41) is 8.68. The molecule has 1 N–H and O–H groups in total. The minimum Gasteiger partial charge on any atom is -0.350 e. The summed E-state index contributed by atoms with van der Waals surface area (Å²) in [6, 6.07) is 5.34. The number of nitrogens with zero attached hydrogens (tertiary/aromatic N) is 3. The van der Waals surface area contributed by atoms with Crippen LogP contribution in [0.2, 0.25) is 10.0 Å². The Labute approximate surface area is 193 Å². The van der Waals surface area contributed by atoms with E-state index in [0.717, 1.165) is 22.5 Å². The summed E-state index contributed by atoms with van der Waals surface area (Å²) in [4.78, 5) is 12.4. The largest absolute Gasteiger partial charge is 0.350 e. The molecular weight excluding hydrogens is 459 g/mol. The number of hydrogen-bond acceptors (Lipinski definition) is 4. The van der Waals surface area contributed by atoms with Gasteiger partial charge in [-0.3, -0.25) is 9.48 Å². The Hall–Kier alpha value is -1.87. The maximum atomic E-state index is 12.4. The summed E-state index contributed by atoms with van der Waals surface area (Å²) in [5.74, 6) is -0.210. The second kappa shape index (κ2) is 9.73. The molecule has 0 saturated carbocycles. The number of hydrogen-bond donors (Lipinski definition) is 1. The SMILES string of the molecule is Cc1nn(Cc2c(Cl)cccc2Cl)c(C)c1/C=C/C(=O)NC1CCN(S(C)(=O)=O)CC1. The van der Waals surface area contributed by atoms with E-state index in [9.17, 15) is 13.2 Å². The van der Waals surface area contributed by atoms with E-state index in [1.165, 1.54) is 16.6 Å². The number of aryl methyl sites for hydroxylation is 1. The molecule has 1 aromatic carbocycles. The Morgan fingerprint density at radius 3 is 2.42 bits per heavy atom. The number of amides is 1. The topological polar surface area (TPSA) is 84.3 Å². The Morgan fingerprint density at radius 1 is 1.23 bits per heavy atom. The number of nitrogens with one attached hydrogen (secondary N) is 1. The molecule has 168 valence electrons. The van der Waals surface area contributed by atoms with E-state index < -0.39 is 10.0 Å². The molecule has 1 aliphatic rings.